The number of rotatable bonds is 6. The topological polar surface area (TPSA) is 28.6 Å². The lowest BCUT2D eigenvalue weighted by molar-refractivity contribution is 0.0342. The standard InChI is InChI=1S/C30H31N3O/c1-2-7-30-25(4-1)12-13-27(31-30)14-15-33-21-26-5-3-6-28(29(26)22-33)24-10-8-23(9-11-24)20-32-16-18-34-19-17-32/h1-13H,14-22H2. The van der Waals surface area contributed by atoms with E-state index in [1.807, 2.05) is 0 Å². The molecule has 2 aliphatic heterocycles. The number of morpholine rings is 1. The van der Waals surface area contributed by atoms with Crippen LogP contribution in [0.25, 0.3) is 22.0 Å². The smallest absolute Gasteiger partial charge is 0.0705 e. The molecule has 2 aliphatic rings. The van der Waals surface area contributed by atoms with Gasteiger partial charge in [0.25, 0.3) is 0 Å². The van der Waals surface area contributed by atoms with Gasteiger partial charge in [-0.15, -0.1) is 0 Å². The van der Waals surface area contributed by atoms with E-state index in [0.29, 0.717) is 0 Å². The van der Waals surface area contributed by atoms with E-state index in [2.05, 4.69) is 88.7 Å². The average Bonchev–Trinajstić information content (AvgIpc) is 3.32. The Bertz CT molecular complexity index is 1280. The molecule has 4 heteroatoms. The summed E-state index contributed by atoms with van der Waals surface area (Å²) >= 11 is 0. The molecule has 34 heavy (non-hydrogen) atoms. The molecule has 1 saturated heterocycles. The Labute approximate surface area is 201 Å². The number of hydrogen-bond acceptors (Lipinski definition) is 4. The first-order valence-electron chi connectivity index (χ1n) is 12.4. The van der Waals surface area contributed by atoms with Gasteiger partial charge < -0.3 is 4.74 Å². The highest BCUT2D eigenvalue weighted by Gasteiger charge is 2.22. The number of pyridine rings is 1. The largest absolute Gasteiger partial charge is 0.379 e. The molecule has 3 heterocycles. The predicted octanol–water partition coefficient (Wildman–Crippen LogP) is 5.29. The van der Waals surface area contributed by atoms with Crippen LogP contribution in [0.3, 0.4) is 0 Å². The van der Waals surface area contributed by atoms with Crippen LogP contribution in [0.5, 0.6) is 0 Å². The molecule has 0 radical (unpaired) electrons. The quantitative estimate of drug-likeness (QED) is 0.400. The third-order valence-corrected chi connectivity index (χ3v) is 7.16. The summed E-state index contributed by atoms with van der Waals surface area (Å²) in [4.78, 5) is 9.89. The third kappa shape index (κ3) is 4.62. The van der Waals surface area contributed by atoms with Crippen molar-refractivity contribution in [3.63, 3.8) is 0 Å². The summed E-state index contributed by atoms with van der Waals surface area (Å²) < 4.78 is 5.48. The Hall–Kier alpha value is -3.05. The molecule has 0 spiro atoms. The summed E-state index contributed by atoms with van der Waals surface area (Å²) in [5.74, 6) is 0. The fourth-order valence-electron chi connectivity index (χ4n) is 5.25. The SMILES string of the molecule is c1cc2c(c(-c3ccc(CN4CCOCC4)cc3)c1)CN(CCc1ccc3ccccc3n1)C2. The number of aromatic nitrogens is 1. The zero-order valence-electron chi connectivity index (χ0n) is 19.6. The van der Waals surface area contributed by atoms with E-state index >= 15 is 0 Å². The summed E-state index contributed by atoms with van der Waals surface area (Å²) in [6.07, 6.45) is 0.977. The second-order valence-corrected chi connectivity index (χ2v) is 9.48. The lowest BCUT2D eigenvalue weighted by atomic mass is 9.96. The van der Waals surface area contributed by atoms with Gasteiger partial charge in [0.2, 0.25) is 0 Å². The summed E-state index contributed by atoms with van der Waals surface area (Å²) in [5, 5.41) is 1.21. The first kappa shape index (κ1) is 21.5. The first-order valence-corrected chi connectivity index (χ1v) is 12.4. The Morgan fingerprint density at radius 3 is 2.50 bits per heavy atom. The molecule has 172 valence electrons. The maximum Gasteiger partial charge on any atom is 0.0705 e. The molecular formula is C30H31N3O. The lowest BCUT2D eigenvalue weighted by Gasteiger charge is -2.26. The molecule has 3 aromatic carbocycles. The van der Waals surface area contributed by atoms with Crippen molar-refractivity contribution in [2.24, 2.45) is 0 Å². The number of para-hydroxylation sites is 1. The molecule has 0 atom stereocenters. The van der Waals surface area contributed by atoms with Gasteiger partial charge in [-0.3, -0.25) is 14.8 Å². The lowest BCUT2D eigenvalue weighted by Crippen LogP contribution is -2.35. The second kappa shape index (κ2) is 9.67. The van der Waals surface area contributed by atoms with Crippen LogP contribution < -0.4 is 0 Å². The van der Waals surface area contributed by atoms with Crippen LogP contribution in [0, 0.1) is 0 Å². The number of ether oxygens (including phenoxy) is 1. The molecule has 6 rings (SSSR count). The van der Waals surface area contributed by atoms with Crippen molar-refractivity contribution in [1.29, 1.82) is 0 Å². The van der Waals surface area contributed by atoms with Gasteiger partial charge in [-0.2, -0.15) is 0 Å². The molecule has 0 N–H and O–H groups in total. The van der Waals surface area contributed by atoms with Crippen molar-refractivity contribution < 1.29 is 4.74 Å². The molecule has 1 aromatic heterocycles. The Morgan fingerprint density at radius 2 is 1.62 bits per heavy atom. The number of nitrogens with zero attached hydrogens (tertiary/aromatic N) is 3. The van der Waals surface area contributed by atoms with Crippen LogP contribution in [0.4, 0.5) is 0 Å². The molecule has 1 fully saturated rings. The maximum absolute atomic E-state index is 5.48. The summed E-state index contributed by atoms with van der Waals surface area (Å²) in [7, 11) is 0. The number of fused-ring (bicyclic) bond motifs is 2. The van der Waals surface area contributed by atoms with E-state index in [1.54, 1.807) is 0 Å². The highest BCUT2D eigenvalue weighted by atomic mass is 16.5. The van der Waals surface area contributed by atoms with Crippen molar-refractivity contribution in [2.75, 3.05) is 32.8 Å². The van der Waals surface area contributed by atoms with Crippen LogP contribution in [-0.4, -0.2) is 47.6 Å². The molecule has 0 bridgehead atoms. The van der Waals surface area contributed by atoms with Gasteiger partial charge in [0.05, 0.1) is 18.7 Å². The highest BCUT2D eigenvalue weighted by Crippen LogP contribution is 2.33. The Kier molecular flexibility index (Phi) is 6.11. The van der Waals surface area contributed by atoms with Crippen molar-refractivity contribution in [3.05, 3.63) is 101 Å². The van der Waals surface area contributed by atoms with Crippen molar-refractivity contribution in [2.45, 2.75) is 26.1 Å². The summed E-state index contributed by atoms with van der Waals surface area (Å²) in [6.45, 7) is 7.81. The van der Waals surface area contributed by atoms with Gasteiger partial charge in [-0.1, -0.05) is 66.7 Å². The van der Waals surface area contributed by atoms with Crippen molar-refractivity contribution >= 4 is 10.9 Å². The monoisotopic (exact) mass is 449 g/mol. The average molecular weight is 450 g/mol. The number of benzene rings is 3. The summed E-state index contributed by atoms with van der Waals surface area (Å²) in [6, 6.07) is 28.7. The first-order chi connectivity index (χ1) is 16.8. The van der Waals surface area contributed by atoms with E-state index in [-0.39, 0.29) is 0 Å². The van der Waals surface area contributed by atoms with Gasteiger partial charge in [-0.25, -0.2) is 0 Å². The van der Waals surface area contributed by atoms with Crippen molar-refractivity contribution in [1.82, 2.24) is 14.8 Å². The van der Waals surface area contributed by atoms with Gasteiger partial charge in [0.1, 0.15) is 0 Å². The normalized spacial score (nSPS) is 16.7. The van der Waals surface area contributed by atoms with Gasteiger partial charge in [0, 0.05) is 56.8 Å². The van der Waals surface area contributed by atoms with E-state index in [0.717, 1.165) is 64.4 Å². The van der Waals surface area contributed by atoms with E-state index in [4.69, 9.17) is 9.72 Å². The number of hydrogen-bond donors (Lipinski definition) is 0. The minimum Gasteiger partial charge on any atom is -0.379 e. The van der Waals surface area contributed by atoms with Crippen molar-refractivity contribution in [3.8, 4) is 11.1 Å². The molecule has 0 saturated carbocycles. The molecule has 0 aliphatic carbocycles. The van der Waals surface area contributed by atoms with Crippen LogP contribution in [0.15, 0.2) is 78.9 Å². The van der Waals surface area contributed by atoms with Gasteiger partial charge in [0.15, 0.2) is 0 Å². The molecule has 0 amide bonds. The summed E-state index contributed by atoms with van der Waals surface area (Å²) in [5.41, 5.74) is 9.27. The molecular weight excluding hydrogens is 418 g/mol. The minimum atomic E-state index is 0.849. The second-order valence-electron chi connectivity index (χ2n) is 9.48. The van der Waals surface area contributed by atoms with Crippen LogP contribution >= 0.6 is 0 Å². The zero-order chi connectivity index (χ0) is 22.7. The zero-order valence-corrected chi connectivity index (χ0v) is 19.6. The third-order valence-electron chi connectivity index (χ3n) is 7.16. The molecule has 4 nitrogen and oxygen atoms in total. The van der Waals surface area contributed by atoms with Gasteiger partial charge in [-0.05, 0) is 39.9 Å². The van der Waals surface area contributed by atoms with Crippen LogP contribution in [-0.2, 0) is 30.8 Å². The highest BCUT2D eigenvalue weighted by molar-refractivity contribution is 5.78. The Balaban J connectivity index is 1.13. The fourth-order valence-corrected chi connectivity index (χ4v) is 5.25. The van der Waals surface area contributed by atoms with E-state index < -0.39 is 0 Å². The fraction of sp³-hybridized carbons (Fsp3) is 0.300. The predicted molar refractivity (Wildman–Crippen MR) is 138 cm³/mol. The molecule has 4 aromatic rings. The van der Waals surface area contributed by atoms with E-state index in [9.17, 15) is 0 Å². The van der Waals surface area contributed by atoms with Crippen LogP contribution in [0.2, 0.25) is 0 Å². The van der Waals surface area contributed by atoms with Crippen LogP contribution in [0.1, 0.15) is 22.4 Å². The Morgan fingerprint density at radius 1 is 0.765 bits per heavy atom. The van der Waals surface area contributed by atoms with E-state index in [1.165, 1.54) is 38.9 Å². The minimum absolute atomic E-state index is 0.849. The van der Waals surface area contributed by atoms with Gasteiger partial charge >= 0.3 is 0 Å². The molecule has 0 unspecified atom stereocenters. The maximum atomic E-state index is 5.48.